The van der Waals surface area contributed by atoms with Crippen LogP contribution in [0.4, 0.5) is 0 Å². The van der Waals surface area contributed by atoms with E-state index in [0.717, 1.165) is 17.7 Å². The van der Waals surface area contributed by atoms with E-state index < -0.39 is 0 Å². The van der Waals surface area contributed by atoms with E-state index in [2.05, 4.69) is 22.5 Å². The second-order valence-corrected chi connectivity index (χ2v) is 5.14. The van der Waals surface area contributed by atoms with Gasteiger partial charge in [-0.15, -0.1) is 11.3 Å². The molecular weight excluding hydrogens is 262 g/mol. The number of hydrogen-bond acceptors (Lipinski definition) is 4. The van der Waals surface area contributed by atoms with Gasteiger partial charge in [-0.05, 0) is 18.9 Å². The first kappa shape index (κ1) is 13.6. The average molecular weight is 277 g/mol. The van der Waals surface area contributed by atoms with Gasteiger partial charge < -0.3 is 16.4 Å². The molecule has 1 heterocycles. The number of thiophene rings is 1. The largest absolute Gasteiger partial charge is 0.352 e. The molecule has 0 radical (unpaired) electrons. The van der Waals surface area contributed by atoms with Crippen molar-refractivity contribution in [3.63, 3.8) is 0 Å². The molecule has 0 spiro atoms. The maximum atomic E-state index is 11.8. The van der Waals surface area contributed by atoms with E-state index in [1.165, 1.54) is 11.3 Å². The minimum atomic E-state index is -0.261. The predicted octanol–water partition coefficient (Wildman–Crippen LogP) is 0.0667. The van der Waals surface area contributed by atoms with E-state index in [1.807, 2.05) is 0 Å². The summed E-state index contributed by atoms with van der Waals surface area (Å²) < 4.78 is 0. The van der Waals surface area contributed by atoms with E-state index in [-0.39, 0.29) is 18.4 Å². The molecule has 0 aromatic carbocycles. The summed E-state index contributed by atoms with van der Waals surface area (Å²) >= 11 is 1.38. The van der Waals surface area contributed by atoms with Crippen LogP contribution < -0.4 is 16.4 Å². The highest BCUT2D eigenvalue weighted by atomic mass is 32.1. The molecular formula is C13H15N3O2S. The summed E-state index contributed by atoms with van der Waals surface area (Å²) in [5, 5.41) is 7.11. The van der Waals surface area contributed by atoms with Gasteiger partial charge in [0.1, 0.15) is 0 Å². The van der Waals surface area contributed by atoms with Gasteiger partial charge in [0.25, 0.3) is 5.91 Å². The van der Waals surface area contributed by atoms with Crippen LogP contribution in [0.2, 0.25) is 0 Å². The molecule has 1 saturated carbocycles. The maximum absolute atomic E-state index is 11.8. The molecule has 1 aliphatic carbocycles. The highest BCUT2D eigenvalue weighted by Crippen LogP contribution is 2.18. The molecule has 0 bridgehead atoms. The van der Waals surface area contributed by atoms with Gasteiger partial charge in [-0.1, -0.05) is 11.8 Å². The molecule has 100 valence electrons. The lowest BCUT2D eigenvalue weighted by Crippen LogP contribution is -2.37. The van der Waals surface area contributed by atoms with Gasteiger partial charge in [-0.25, -0.2) is 0 Å². The molecule has 19 heavy (non-hydrogen) atoms. The van der Waals surface area contributed by atoms with E-state index in [9.17, 15) is 9.59 Å². The van der Waals surface area contributed by atoms with Crippen molar-refractivity contribution in [2.75, 3.05) is 13.1 Å². The number of carbonyl (C=O) groups excluding carboxylic acids is 2. The summed E-state index contributed by atoms with van der Waals surface area (Å²) in [6, 6.07) is 2.00. The summed E-state index contributed by atoms with van der Waals surface area (Å²) in [6.07, 6.45) is 2.07. The maximum Gasteiger partial charge on any atom is 0.252 e. The first-order valence-corrected chi connectivity index (χ1v) is 6.92. The molecule has 5 nitrogen and oxygen atoms in total. The molecule has 1 aliphatic rings. The number of hydrogen-bond donors (Lipinski definition) is 3. The Bertz CT molecular complexity index is 538. The second kappa shape index (κ2) is 6.36. The van der Waals surface area contributed by atoms with Gasteiger partial charge in [0.2, 0.25) is 5.91 Å². The minimum Gasteiger partial charge on any atom is -0.352 e. The molecule has 0 saturated heterocycles. The van der Waals surface area contributed by atoms with Crippen molar-refractivity contribution in [2.24, 2.45) is 5.73 Å². The zero-order chi connectivity index (χ0) is 13.7. The lowest BCUT2D eigenvalue weighted by atomic mass is 10.3. The topological polar surface area (TPSA) is 84.2 Å². The minimum absolute atomic E-state index is 0.00892. The van der Waals surface area contributed by atoms with Gasteiger partial charge in [-0.3, -0.25) is 9.59 Å². The van der Waals surface area contributed by atoms with Crippen molar-refractivity contribution in [1.82, 2.24) is 10.6 Å². The number of amides is 2. The monoisotopic (exact) mass is 277 g/mol. The summed E-state index contributed by atoms with van der Waals surface area (Å²) in [6.45, 7) is 0.301. The molecule has 0 unspecified atom stereocenters. The third kappa shape index (κ3) is 4.39. The lowest BCUT2D eigenvalue weighted by Gasteiger charge is -2.04. The Morgan fingerprint density at radius 3 is 2.95 bits per heavy atom. The number of nitrogens with one attached hydrogen (secondary N) is 2. The Kier molecular flexibility index (Phi) is 4.55. The van der Waals surface area contributed by atoms with Gasteiger partial charge in [0.15, 0.2) is 0 Å². The van der Waals surface area contributed by atoms with Crippen LogP contribution >= 0.6 is 11.3 Å². The zero-order valence-corrected chi connectivity index (χ0v) is 11.2. The Hall–Kier alpha value is -1.84. The van der Waals surface area contributed by atoms with Gasteiger partial charge in [-0.2, -0.15) is 0 Å². The molecule has 1 aromatic rings. The number of rotatable bonds is 4. The Morgan fingerprint density at radius 1 is 1.47 bits per heavy atom. The van der Waals surface area contributed by atoms with Crippen LogP contribution in [-0.4, -0.2) is 30.9 Å². The van der Waals surface area contributed by atoms with Crippen molar-refractivity contribution in [3.8, 4) is 11.8 Å². The summed E-state index contributed by atoms with van der Waals surface area (Å²) in [5.41, 5.74) is 5.80. The number of carbonyl (C=O) groups is 2. The summed E-state index contributed by atoms with van der Waals surface area (Å²) in [5.74, 6) is 5.19. The highest BCUT2D eigenvalue weighted by Gasteiger charge is 2.23. The third-order valence-electron chi connectivity index (χ3n) is 2.53. The van der Waals surface area contributed by atoms with Gasteiger partial charge >= 0.3 is 0 Å². The van der Waals surface area contributed by atoms with E-state index in [4.69, 9.17) is 5.73 Å². The number of nitrogens with two attached hydrogens (primary N) is 1. The second-order valence-electron chi connectivity index (χ2n) is 4.23. The smallest absolute Gasteiger partial charge is 0.252 e. The van der Waals surface area contributed by atoms with Crippen LogP contribution in [0.1, 0.15) is 28.1 Å². The summed E-state index contributed by atoms with van der Waals surface area (Å²) in [7, 11) is 0. The average Bonchev–Trinajstić information content (AvgIpc) is 3.08. The molecule has 0 aliphatic heterocycles. The fraction of sp³-hybridized carbons (Fsp3) is 0.385. The molecule has 1 fully saturated rings. The van der Waals surface area contributed by atoms with Crippen LogP contribution in [0.3, 0.4) is 0 Å². The Balaban J connectivity index is 1.81. The SMILES string of the molecule is NCC#Cc1cc(C(=O)NCC(=O)NC2CC2)cs1. The first-order chi connectivity index (χ1) is 9.19. The van der Waals surface area contributed by atoms with Crippen molar-refractivity contribution in [1.29, 1.82) is 0 Å². The van der Waals surface area contributed by atoms with Crippen LogP contribution in [0, 0.1) is 11.8 Å². The lowest BCUT2D eigenvalue weighted by molar-refractivity contribution is -0.120. The third-order valence-corrected chi connectivity index (χ3v) is 3.37. The summed E-state index contributed by atoms with van der Waals surface area (Å²) in [4.78, 5) is 24.0. The Labute approximate surface area is 115 Å². The van der Waals surface area contributed by atoms with Crippen molar-refractivity contribution in [3.05, 3.63) is 21.9 Å². The van der Waals surface area contributed by atoms with E-state index >= 15 is 0 Å². The fourth-order valence-corrected chi connectivity index (χ4v) is 2.18. The van der Waals surface area contributed by atoms with Crippen molar-refractivity contribution < 1.29 is 9.59 Å². The molecule has 0 atom stereocenters. The standard InChI is InChI=1S/C13H15N3O2S/c14-5-1-2-11-6-9(8-19-11)13(18)15-7-12(17)16-10-3-4-10/h6,8,10H,3-5,7,14H2,(H,15,18)(H,16,17). The highest BCUT2D eigenvalue weighted by molar-refractivity contribution is 7.10. The van der Waals surface area contributed by atoms with Gasteiger partial charge in [0.05, 0.1) is 23.5 Å². The Morgan fingerprint density at radius 2 is 2.26 bits per heavy atom. The molecule has 1 aromatic heterocycles. The molecule has 2 amide bonds. The van der Waals surface area contributed by atoms with Crippen LogP contribution in [0.15, 0.2) is 11.4 Å². The van der Waals surface area contributed by atoms with Crippen molar-refractivity contribution >= 4 is 23.2 Å². The van der Waals surface area contributed by atoms with Gasteiger partial charge in [0, 0.05) is 11.4 Å². The van der Waals surface area contributed by atoms with E-state index in [1.54, 1.807) is 11.4 Å². The molecule has 4 N–H and O–H groups in total. The quantitative estimate of drug-likeness (QED) is 0.681. The van der Waals surface area contributed by atoms with Crippen LogP contribution in [0.5, 0.6) is 0 Å². The zero-order valence-electron chi connectivity index (χ0n) is 10.4. The predicted molar refractivity (Wildman–Crippen MR) is 73.7 cm³/mol. The molecule has 6 heteroatoms. The fourth-order valence-electron chi connectivity index (χ4n) is 1.43. The first-order valence-electron chi connectivity index (χ1n) is 6.04. The molecule has 2 rings (SSSR count). The normalized spacial score (nSPS) is 13.3. The van der Waals surface area contributed by atoms with E-state index in [0.29, 0.717) is 18.2 Å². The van der Waals surface area contributed by atoms with Crippen molar-refractivity contribution in [2.45, 2.75) is 18.9 Å². The van der Waals surface area contributed by atoms with Crippen LogP contribution in [0.25, 0.3) is 0 Å². The van der Waals surface area contributed by atoms with Crippen LogP contribution in [-0.2, 0) is 4.79 Å².